The van der Waals surface area contributed by atoms with Gasteiger partial charge in [-0.15, -0.1) is 0 Å². The van der Waals surface area contributed by atoms with Crippen molar-refractivity contribution >= 4 is 23.4 Å². The summed E-state index contributed by atoms with van der Waals surface area (Å²) in [5.74, 6) is -0.333. The average Bonchev–Trinajstić information content (AvgIpc) is 2.86. The van der Waals surface area contributed by atoms with Crippen molar-refractivity contribution in [2.75, 3.05) is 50.6 Å². The lowest BCUT2D eigenvalue weighted by Gasteiger charge is -2.37. The molecule has 1 aliphatic heterocycles. The van der Waals surface area contributed by atoms with Gasteiger partial charge in [-0.1, -0.05) is 0 Å². The maximum Gasteiger partial charge on any atom is 0.339 e. The van der Waals surface area contributed by atoms with Gasteiger partial charge in [0.05, 0.1) is 25.1 Å². The Labute approximate surface area is 207 Å². The highest BCUT2D eigenvalue weighted by Gasteiger charge is 2.26. The first-order valence-electron chi connectivity index (χ1n) is 12.0. The van der Waals surface area contributed by atoms with E-state index in [9.17, 15) is 14.7 Å². The van der Waals surface area contributed by atoms with Crippen molar-refractivity contribution in [2.45, 2.75) is 45.3 Å². The molecule has 9 heteroatoms. The van der Waals surface area contributed by atoms with Gasteiger partial charge >= 0.3 is 5.97 Å². The SMILES string of the molecule is COc1ccc(C(=O)Nc2cnc(N3CCC(N(C)CCCOC(C)C)CC3)c(C(=O)O)c2)cc1. The molecule has 0 atom stereocenters. The van der Waals surface area contributed by atoms with Crippen LogP contribution in [0.3, 0.4) is 0 Å². The Hall–Kier alpha value is -3.17. The topological polar surface area (TPSA) is 104 Å². The summed E-state index contributed by atoms with van der Waals surface area (Å²) >= 11 is 0. The van der Waals surface area contributed by atoms with Crippen molar-refractivity contribution < 1.29 is 24.2 Å². The maximum atomic E-state index is 12.6. The average molecular weight is 485 g/mol. The van der Waals surface area contributed by atoms with Crippen LogP contribution in [0.5, 0.6) is 5.75 Å². The number of carbonyl (C=O) groups is 2. The number of pyridine rings is 1. The Balaban J connectivity index is 1.60. The van der Waals surface area contributed by atoms with Gasteiger partial charge in [-0.25, -0.2) is 9.78 Å². The molecule has 3 rings (SSSR count). The fourth-order valence-electron chi connectivity index (χ4n) is 4.21. The highest BCUT2D eigenvalue weighted by Crippen LogP contribution is 2.26. The summed E-state index contributed by atoms with van der Waals surface area (Å²) in [6, 6.07) is 8.60. The van der Waals surface area contributed by atoms with E-state index in [1.54, 1.807) is 31.4 Å². The van der Waals surface area contributed by atoms with Crippen LogP contribution in [0, 0.1) is 0 Å². The number of methoxy groups -OCH3 is 1. The standard InChI is InChI=1S/C26H36N4O5/c1-18(2)35-15-5-12-29(3)21-10-13-30(14-11-21)24-23(26(32)33)16-20(17-27-24)28-25(31)19-6-8-22(34-4)9-7-19/h6-9,16-18,21H,5,10-15H2,1-4H3,(H,28,31)(H,32,33). The zero-order valence-corrected chi connectivity index (χ0v) is 21.0. The number of carboxylic acid groups (broad SMARTS) is 1. The lowest BCUT2D eigenvalue weighted by molar-refractivity contribution is 0.0682. The van der Waals surface area contributed by atoms with Crippen molar-refractivity contribution in [1.29, 1.82) is 0 Å². The van der Waals surface area contributed by atoms with Crippen LogP contribution in [0.1, 0.15) is 53.8 Å². The number of carbonyl (C=O) groups excluding carboxylic acids is 1. The third-order valence-electron chi connectivity index (χ3n) is 6.20. The molecular weight excluding hydrogens is 448 g/mol. The van der Waals surface area contributed by atoms with Crippen molar-refractivity contribution in [3.8, 4) is 5.75 Å². The first kappa shape index (κ1) is 26.4. The second-order valence-corrected chi connectivity index (χ2v) is 9.05. The second kappa shape index (κ2) is 12.5. The minimum absolute atomic E-state index is 0.0789. The minimum atomic E-state index is -1.07. The molecule has 1 fully saturated rings. The van der Waals surface area contributed by atoms with Gasteiger partial charge in [-0.2, -0.15) is 0 Å². The van der Waals surface area contributed by atoms with E-state index in [4.69, 9.17) is 9.47 Å². The first-order valence-corrected chi connectivity index (χ1v) is 12.0. The second-order valence-electron chi connectivity index (χ2n) is 9.05. The van der Waals surface area contributed by atoms with Crippen LogP contribution in [-0.4, -0.2) is 79.4 Å². The molecule has 0 unspecified atom stereocenters. The highest BCUT2D eigenvalue weighted by molar-refractivity contribution is 6.05. The van der Waals surface area contributed by atoms with Crippen LogP contribution in [0.4, 0.5) is 11.5 Å². The number of ether oxygens (including phenoxy) is 2. The third kappa shape index (κ3) is 7.40. The molecule has 35 heavy (non-hydrogen) atoms. The van der Waals surface area contributed by atoms with Crippen LogP contribution < -0.4 is 15.0 Å². The van der Waals surface area contributed by atoms with Gasteiger partial charge in [0.1, 0.15) is 17.1 Å². The van der Waals surface area contributed by atoms with E-state index in [1.165, 1.54) is 12.3 Å². The smallest absolute Gasteiger partial charge is 0.339 e. The van der Waals surface area contributed by atoms with E-state index in [0.29, 0.717) is 28.9 Å². The van der Waals surface area contributed by atoms with Crippen LogP contribution >= 0.6 is 0 Å². The van der Waals surface area contributed by atoms with Gasteiger partial charge in [-0.05, 0) is 70.5 Å². The number of amides is 1. The molecule has 0 spiro atoms. The minimum Gasteiger partial charge on any atom is -0.497 e. The van der Waals surface area contributed by atoms with Gasteiger partial charge in [0, 0.05) is 37.8 Å². The number of nitrogens with zero attached hydrogens (tertiary/aromatic N) is 3. The van der Waals surface area contributed by atoms with Crippen molar-refractivity contribution in [3.05, 3.63) is 47.7 Å². The number of aromatic carboxylic acids is 1. The van der Waals surface area contributed by atoms with Crippen LogP contribution in [0.25, 0.3) is 0 Å². The largest absolute Gasteiger partial charge is 0.497 e. The normalized spacial score (nSPS) is 14.4. The number of aromatic nitrogens is 1. The number of anilines is 2. The number of rotatable bonds is 11. The molecule has 0 radical (unpaired) electrons. The van der Waals surface area contributed by atoms with Gasteiger partial charge in [0.2, 0.25) is 0 Å². The number of piperidine rings is 1. The number of hydrogen-bond acceptors (Lipinski definition) is 7. The third-order valence-corrected chi connectivity index (χ3v) is 6.20. The van der Waals surface area contributed by atoms with E-state index in [-0.39, 0.29) is 17.6 Å². The molecule has 1 saturated heterocycles. The van der Waals surface area contributed by atoms with Crippen molar-refractivity contribution in [2.24, 2.45) is 0 Å². The van der Waals surface area contributed by atoms with E-state index in [1.807, 2.05) is 18.7 Å². The first-order chi connectivity index (χ1) is 16.8. The number of benzene rings is 1. The van der Waals surface area contributed by atoms with E-state index >= 15 is 0 Å². The van der Waals surface area contributed by atoms with Crippen LogP contribution in [-0.2, 0) is 4.74 Å². The summed E-state index contributed by atoms with van der Waals surface area (Å²) in [6.07, 6.45) is 4.61. The molecule has 2 N–H and O–H groups in total. The Morgan fingerprint density at radius 2 is 1.91 bits per heavy atom. The summed E-state index contributed by atoms with van der Waals surface area (Å²) in [5.41, 5.74) is 0.856. The lowest BCUT2D eigenvalue weighted by Crippen LogP contribution is -2.44. The van der Waals surface area contributed by atoms with Gasteiger partial charge in [-0.3, -0.25) is 4.79 Å². The summed E-state index contributed by atoms with van der Waals surface area (Å²) in [7, 11) is 3.69. The molecule has 2 aromatic rings. The van der Waals surface area contributed by atoms with E-state index < -0.39 is 5.97 Å². The van der Waals surface area contributed by atoms with Crippen molar-refractivity contribution in [3.63, 3.8) is 0 Å². The molecule has 2 heterocycles. The van der Waals surface area contributed by atoms with Gasteiger partial charge in [0.25, 0.3) is 5.91 Å². The monoisotopic (exact) mass is 484 g/mol. The zero-order chi connectivity index (χ0) is 25.4. The number of hydrogen-bond donors (Lipinski definition) is 2. The van der Waals surface area contributed by atoms with E-state index in [0.717, 1.165) is 45.5 Å². The highest BCUT2D eigenvalue weighted by atomic mass is 16.5. The van der Waals surface area contributed by atoms with Gasteiger partial charge < -0.3 is 29.7 Å². The Kier molecular flexibility index (Phi) is 9.45. The predicted molar refractivity (Wildman–Crippen MR) is 136 cm³/mol. The number of carboxylic acids is 1. The Morgan fingerprint density at radius 3 is 2.51 bits per heavy atom. The zero-order valence-electron chi connectivity index (χ0n) is 21.0. The Bertz CT molecular complexity index is 988. The molecule has 9 nitrogen and oxygen atoms in total. The predicted octanol–water partition coefficient (Wildman–Crippen LogP) is 3.76. The van der Waals surface area contributed by atoms with Crippen LogP contribution in [0.15, 0.2) is 36.5 Å². The van der Waals surface area contributed by atoms with Gasteiger partial charge in [0.15, 0.2) is 0 Å². The molecule has 1 amide bonds. The molecule has 190 valence electrons. The molecule has 1 aliphatic rings. The fourth-order valence-corrected chi connectivity index (χ4v) is 4.21. The molecule has 1 aromatic carbocycles. The molecular formula is C26H36N4O5. The Morgan fingerprint density at radius 1 is 1.23 bits per heavy atom. The molecule has 1 aromatic heterocycles. The summed E-state index contributed by atoms with van der Waals surface area (Å²) in [5, 5.41) is 12.5. The summed E-state index contributed by atoms with van der Waals surface area (Å²) < 4.78 is 10.7. The fraction of sp³-hybridized carbons (Fsp3) is 0.500. The number of nitrogens with one attached hydrogen (secondary N) is 1. The van der Waals surface area contributed by atoms with Crippen molar-refractivity contribution in [1.82, 2.24) is 9.88 Å². The molecule has 0 saturated carbocycles. The maximum absolute atomic E-state index is 12.6. The van der Waals surface area contributed by atoms with Crippen LogP contribution in [0.2, 0.25) is 0 Å². The summed E-state index contributed by atoms with van der Waals surface area (Å²) in [6.45, 7) is 7.26. The van der Waals surface area contributed by atoms with E-state index in [2.05, 4.69) is 22.2 Å². The molecule has 0 aliphatic carbocycles. The lowest BCUT2D eigenvalue weighted by atomic mass is 10.0. The summed E-state index contributed by atoms with van der Waals surface area (Å²) in [4.78, 5) is 33.4. The quantitative estimate of drug-likeness (QED) is 0.465. The molecule has 0 bridgehead atoms.